The van der Waals surface area contributed by atoms with E-state index in [0.29, 0.717) is 61.4 Å². The van der Waals surface area contributed by atoms with Crippen LogP contribution >= 0.6 is 0 Å². The minimum Gasteiger partial charge on any atom is -0.490 e. The number of piperidine rings is 1. The largest absolute Gasteiger partial charge is 0.490 e. The summed E-state index contributed by atoms with van der Waals surface area (Å²) < 4.78 is 72.6. The highest BCUT2D eigenvalue weighted by atomic mass is 19.4. The van der Waals surface area contributed by atoms with Gasteiger partial charge in [-0.25, -0.2) is 24.1 Å². The second kappa shape index (κ2) is 14.0. The lowest BCUT2D eigenvalue weighted by Crippen LogP contribution is -2.57. The Bertz CT molecular complexity index is 2140. The van der Waals surface area contributed by atoms with Crippen LogP contribution in [0.2, 0.25) is 0 Å². The lowest BCUT2D eigenvalue weighted by Gasteiger charge is -2.33. The van der Waals surface area contributed by atoms with E-state index in [-0.39, 0.29) is 54.2 Å². The molecule has 4 aromatic rings. The van der Waals surface area contributed by atoms with Crippen molar-refractivity contribution in [1.82, 2.24) is 24.8 Å². The molecule has 9 rings (SSSR count). The van der Waals surface area contributed by atoms with Gasteiger partial charge < -0.3 is 29.4 Å². The van der Waals surface area contributed by atoms with E-state index in [4.69, 9.17) is 9.47 Å². The van der Waals surface area contributed by atoms with Gasteiger partial charge >= 0.3 is 12.1 Å². The number of carboxylic acid groups (broad SMARTS) is 1. The molecule has 6 unspecified atom stereocenters. The van der Waals surface area contributed by atoms with Crippen LogP contribution in [0.5, 0.6) is 5.75 Å². The van der Waals surface area contributed by atoms with Crippen LogP contribution in [0.3, 0.4) is 0 Å². The third-order valence-corrected chi connectivity index (χ3v) is 12.8. The lowest BCUT2D eigenvalue weighted by molar-refractivity contribution is -0.146. The summed E-state index contributed by atoms with van der Waals surface area (Å²) in [4.78, 5) is 40.7. The van der Waals surface area contributed by atoms with Crippen molar-refractivity contribution < 1.29 is 41.7 Å². The number of nitrogens with one attached hydrogen (secondary N) is 1. The van der Waals surface area contributed by atoms with E-state index in [1.165, 1.54) is 6.07 Å². The molecule has 2 N–H and O–H groups in total. The molecule has 3 aliphatic heterocycles. The number of benzene rings is 1. The Balaban J connectivity index is 1.03. The van der Waals surface area contributed by atoms with Crippen LogP contribution in [-0.4, -0.2) is 73.4 Å². The second-order valence-electron chi connectivity index (χ2n) is 16.6. The Kier molecular flexibility index (Phi) is 9.20. The number of rotatable bonds is 8. The highest BCUT2D eigenvalue weighted by Crippen LogP contribution is 2.51. The number of pyridine rings is 1. The molecule has 2 saturated carbocycles. The average Bonchev–Trinajstić information content (AvgIpc) is 3.80. The van der Waals surface area contributed by atoms with Crippen LogP contribution < -0.4 is 15.0 Å². The number of carbonyl (C=O) groups is 2. The number of anilines is 1. The van der Waals surface area contributed by atoms with Crippen LogP contribution in [0.15, 0.2) is 48.9 Å². The number of ether oxygens (including phenoxy) is 2. The average molecular weight is 777 g/mol. The number of nitrogens with zero attached hydrogens (tertiary/aromatic N) is 5. The first-order valence-electron chi connectivity index (χ1n) is 19.7. The Hall–Kier alpha value is -4.79. The zero-order valence-electron chi connectivity index (χ0n) is 31.0. The molecular weight excluding hydrogens is 732 g/mol. The van der Waals surface area contributed by atoms with Gasteiger partial charge in [0.15, 0.2) is 11.5 Å². The van der Waals surface area contributed by atoms with Crippen LogP contribution in [-0.2, 0) is 15.7 Å². The number of carboxylic acids is 1. The Morgan fingerprint density at radius 1 is 0.982 bits per heavy atom. The minimum atomic E-state index is -4.99. The highest BCUT2D eigenvalue weighted by Gasteiger charge is 2.56. The SMILES string of the molecule is CC1CC2CC(C1)C(NC(=O)c1ccc(-c3cn(C4CC5CCC(C4)O5)c4cc(OC5CCN(c6ncc(F)cn6)CC5)ccc34)nc1C(F)(F)F)(C(=O)O)C2. The zero-order valence-corrected chi connectivity index (χ0v) is 31.0. The van der Waals surface area contributed by atoms with Gasteiger partial charge in [-0.2, -0.15) is 13.2 Å². The molecule has 11 nitrogen and oxygen atoms in total. The van der Waals surface area contributed by atoms with E-state index in [1.807, 2.05) is 36.2 Å². The fraction of sp³-hybridized carbons (Fsp3) is 0.537. The Morgan fingerprint density at radius 2 is 1.71 bits per heavy atom. The molecular formula is C41H44F4N6O5. The maximum absolute atomic E-state index is 14.8. The maximum Gasteiger partial charge on any atom is 0.434 e. The molecule has 3 saturated heterocycles. The third kappa shape index (κ3) is 6.75. The highest BCUT2D eigenvalue weighted by molar-refractivity contribution is 6.00. The Labute approximate surface area is 320 Å². The molecule has 4 bridgehead atoms. The van der Waals surface area contributed by atoms with Gasteiger partial charge in [0.1, 0.15) is 17.4 Å². The predicted octanol–water partition coefficient (Wildman–Crippen LogP) is 7.59. The summed E-state index contributed by atoms with van der Waals surface area (Å²) in [6.45, 7) is 3.30. The first kappa shape index (κ1) is 36.8. The summed E-state index contributed by atoms with van der Waals surface area (Å²) in [7, 11) is 0. The quantitative estimate of drug-likeness (QED) is 0.174. The van der Waals surface area contributed by atoms with Crippen molar-refractivity contribution in [3.05, 3.63) is 66.0 Å². The van der Waals surface area contributed by atoms with E-state index in [2.05, 4.69) is 24.8 Å². The maximum atomic E-state index is 14.8. The van der Waals surface area contributed by atoms with Gasteiger partial charge in [0.05, 0.1) is 41.4 Å². The van der Waals surface area contributed by atoms with Gasteiger partial charge in [0.2, 0.25) is 5.95 Å². The van der Waals surface area contributed by atoms with Crippen LogP contribution in [0.4, 0.5) is 23.5 Å². The minimum absolute atomic E-state index is 0.0413. The number of amides is 1. The van der Waals surface area contributed by atoms with E-state index in [9.17, 15) is 32.3 Å². The van der Waals surface area contributed by atoms with Crippen molar-refractivity contribution in [1.29, 1.82) is 0 Å². The number of fused-ring (bicyclic) bond motifs is 5. The summed E-state index contributed by atoms with van der Waals surface area (Å²) in [6.07, 6.45) is 6.34. The monoisotopic (exact) mass is 776 g/mol. The molecule has 3 aromatic heterocycles. The van der Waals surface area contributed by atoms with Gasteiger partial charge in [-0.3, -0.25) is 4.79 Å². The fourth-order valence-corrected chi connectivity index (χ4v) is 10.4. The van der Waals surface area contributed by atoms with Crippen molar-refractivity contribution in [3.63, 3.8) is 0 Å². The van der Waals surface area contributed by atoms with Crippen molar-refractivity contribution in [2.45, 2.75) is 107 Å². The van der Waals surface area contributed by atoms with Crippen molar-refractivity contribution in [2.75, 3.05) is 18.0 Å². The Morgan fingerprint density at radius 3 is 2.41 bits per heavy atom. The summed E-state index contributed by atoms with van der Waals surface area (Å²) in [6, 6.07) is 8.18. The van der Waals surface area contributed by atoms with Crippen molar-refractivity contribution in [2.24, 2.45) is 17.8 Å². The van der Waals surface area contributed by atoms with Crippen LogP contribution in [0, 0.1) is 23.6 Å². The summed E-state index contributed by atoms with van der Waals surface area (Å²) in [5.41, 5.74) is -2.36. The number of halogens is 4. The van der Waals surface area contributed by atoms with E-state index in [0.717, 1.165) is 56.1 Å². The first-order valence-corrected chi connectivity index (χ1v) is 19.7. The molecule has 2 aliphatic carbocycles. The molecule has 296 valence electrons. The van der Waals surface area contributed by atoms with E-state index >= 15 is 0 Å². The molecule has 0 spiro atoms. The van der Waals surface area contributed by atoms with E-state index in [1.54, 1.807) is 0 Å². The molecule has 6 heterocycles. The number of alkyl halides is 3. The molecule has 5 fully saturated rings. The van der Waals surface area contributed by atoms with Gasteiger partial charge in [-0.05, 0) is 93.4 Å². The lowest BCUT2D eigenvalue weighted by atomic mass is 9.78. The molecule has 5 aliphatic rings. The molecule has 15 heteroatoms. The van der Waals surface area contributed by atoms with Crippen LogP contribution in [0.25, 0.3) is 22.2 Å². The summed E-state index contributed by atoms with van der Waals surface area (Å²) >= 11 is 0. The van der Waals surface area contributed by atoms with E-state index < -0.39 is 40.7 Å². The standard InChI is InChI=1S/C41H44F4N6O5/c1-22-12-23-14-24(13-22)40(18-23,38(53)54)49-37(52)32-6-7-34(48-36(32)41(43,44)45)33-21-51(26-15-28-2-3-29(16-26)56-28)35-17-30(4-5-31(33)35)55-27-8-10-50(11-9-27)39-46-19-25(42)20-47-39/h4-7,17,19-24,26-29H,2-3,8-16,18H2,1H3,(H,49,52)(H,53,54). The number of aliphatic carboxylic acids is 1. The fourth-order valence-electron chi connectivity index (χ4n) is 10.4. The zero-order chi connectivity index (χ0) is 38.9. The third-order valence-electron chi connectivity index (χ3n) is 12.8. The molecule has 0 radical (unpaired) electrons. The summed E-state index contributed by atoms with van der Waals surface area (Å²) in [5.74, 6) is -1.70. The number of carbonyl (C=O) groups excluding carboxylic acids is 1. The van der Waals surface area contributed by atoms with Gasteiger partial charge in [-0.15, -0.1) is 0 Å². The van der Waals surface area contributed by atoms with Gasteiger partial charge in [-0.1, -0.05) is 6.92 Å². The second-order valence-corrected chi connectivity index (χ2v) is 16.6. The molecule has 56 heavy (non-hydrogen) atoms. The first-order chi connectivity index (χ1) is 26.8. The van der Waals surface area contributed by atoms with Crippen LogP contribution in [0.1, 0.15) is 93.2 Å². The topological polar surface area (TPSA) is 132 Å². The van der Waals surface area contributed by atoms with Crippen molar-refractivity contribution in [3.8, 4) is 17.0 Å². The number of hydrogen-bond acceptors (Lipinski definition) is 8. The molecule has 1 aromatic carbocycles. The van der Waals surface area contributed by atoms with Crippen molar-refractivity contribution >= 4 is 28.7 Å². The van der Waals surface area contributed by atoms with Gasteiger partial charge in [0.25, 0.3) is 5.91 Å². The van der Waals surface area contributed by atoms with Gasteiger partial charge in [0, 0.05) is 55.2 Å². The smallest absolute Gasteiger partial charge is 0.434 e. The number of hydrogen-bond donors (Lipinski definition) is 2. The molecule has 6 atom stereocenters. The molecule has 1 amide bonds. The number of aromatic nitrogens is 4. The normalized spacial score (nSPS) is 29.1. The summed E-state index contributed by atoms with van der Waals surface area (Å²) in [5, 5.41) is 13.6. The predicted molar refractivity (Wildman–Crippen MR) is 197 cm³/mol.